The molecule has 2 aromatic rings. The molecule has 102 valence electrons. The summed E-state index contributed by atoms with van der Waals surface area (Å²) in [4.78, 5) is 0. The van der Waals surface area contributed by atoms with Crippen molar-refractivity contribution in [3.8, 4) is 5.75 Å². The fourth-order valence-corrected chi connectivity index (χ4v) is 1.70. The Morgan fingerprint density at radius 1 is 0.842 bits per heavy atom. The van der Waals surface area contributed by atoms with Crippen molar-refractivity contribution < 1.29 is 4.74 Å². The van der Waals surface area contributed by atoms with Crippen molar-refractivity contribution in [2.75, 3.05) is 6.61 Å². The number of hydrogen-bond donors (Lipinski definition) is 0. The van der Waals surface area contributed by atoms with Crippen LogP contribution in [0, 0.1) is 13.8 Å². The summed E-state index contributed by atoms with van der Waals surface area (Å²) in [5.41, 5.74) is 4.00. The summed E-state index contributed by atoms with van der Waals surface area (Å²) in [7, 11) is 0. The zero-order valence-corrected chi connectivity index (χ0v) is 12.4. The molecule has 0 aliphatic carbocycles. The molecule has 0 saturated heterocycles. The lowest BCUT2D eigenvalue weighted by atomic mass is 10.1. The lowest BCUT2D eigenvalue weighted by Crippen LogP contribution is -1.90. The van der Waals surface area contributed by atoms with Crippen LogP contribution in [0.5, 0.6) is 5.75 Å². The number of benzene rings is 2. The molecule has 0 aliphatic heterocycles. The normalized spacial score (nSPS) is 9.47. The van der Waals surface area contributed by atoms with Crippen molar-refractivity contribution in [1.29, 1.82) is 0 Å². The summed E-state index contributed by atoms with van der Waals surface area (Å²) in [6.07, 6.45) is 1.14. The predicted molar refractivity (Wildman–Crippen MR) is 82.9 cm³/mol. The largest absolute Gasteiger partial charge is 0.494 e. The quantitative estimate of drug-likeness (QED) is 0.755. The molecule has 19 heavy (non-hydrogen) atoms. The second-order valence-electron chi connectivity index (χ2n) is 4.59. The molecule has 0 saturated carbocycles. The van der Waals surface area contributed by atoms with Crippen molar-refractivity contribution >= 4 is 0 Å². The Balaban J connectivity index is 0.000000191. The standard InChI is InChI=1S/C9H12O.C9H12/c1-3-10-9-6-4-5-8(2)7-9;1-3-9-6-4-8(2)5-7-9/h4-7H,3H2,1-2H3;4-7H,3H2,1-2H3. The molecule has 0 spiro atoms. The highest BCUT2D eigenvalue weighted by atomic mass is 16.5. The van der Waals surface area contributed by atoms with Gasteiger partial charge in [-0.3, -0.25) is 0 Å². The molecular weight excluding hydrogens is 232 g/mol. The second kappa shape index (κ2) is 8.36. The Kier molecular flexibility index (Phi) is 6.73. The molecule has 2 aromatic carbocycles. The first-order valence-electron chi connectivity index (χ1n) is 6.90. The molecule has 1 heteroatoms. The zero-order chi connectivity index (χ0) is 14.1. The highest BCUT2D eigenvalue weighted by Crippen LogP contribution is 2.11. The predicted octanol–water partition coefficient (Wildman–Crippen LogP) is 4.95. The Morgan fingerprint density at radius 2 is 1.53 bits per heavy atom. The van der Waals surface area contributed by atoms with Crippen LogP contribution in [0.3, 0.4) is 0 Å². The van der Waals surface area contributed by atoms with Gasteiger partial charge in [0, 0.05) is 0 Å². The van der Waals surface area contributed by atoms with E-state index in [2.05, 4.69) is 51.1 Å². The molecule has 0 amide bonds. The van der Waals surface area contributed by atoms with Crippen LogP contribution in [0.15, 0.2) is 48.5 Å². The molecule has 1 nitrogen and oxygen atoms in total. The van der Waals surface area contributed by atoms with Crippen molar-refractivity contribution in [3.63, 3.8) is 0 Å². The third-order valence-corrected chi connectivity index (χ3v) is 2.83. The smallest absolute Gasteiger partial charge is 0.119 e. The van der Waals surface area contributed by atoms with Gasteiger partial charge in [0.25, 0.3) is 0 Å². The first-order valence-corrected chi connectivity index (χ1v) is 6.90. The molecule has 0 N–H and O–H groups in total. The molecule has 2 rings (SSSR count). The van der Waals surface area contributed by atoms with E-state index in [4.69, 9.17) is 4.74 Å². The maximum Gasteiger partial charge on any atom is 0.119 e. The SMILES string of the molecule is CCOc1cccc(C)c1.CCc1ccc(C)cc1. The minimum Gasteiger partial charge on any atom is -0.494 e. The second-order valence-corrected chi connectivity index (χ2v) is 4.59. The molecule has 0 bridgehead atoms. The zero-order valence-electron chi connectivity index (χ0n) is 12.4. The summed E-state index contributed by atoms with van der Waals surface area (Å²) in [6.45, 7) is 9.07. The van der Waals surface area contributed by atoms with Crippen molar-refractivity contribution in [2.24, 2.45) is 0 Å². The lowest BCUT2D eigenvalue weighted by molar-refractivity contribution is 0.340. The fraction of sp³-hybridized carbons (Fsp3) is 0.333. The summed E-state index contributed by atoms with van der Waals surface area (Å²) in [6, 6.07) is 16.7. The molecule has 0 aromatic heterocycles. The van der Waals surface area contributed by atoms with Gasteiger partial charge in [-0.15, -0.1) is 0 Å². The van der Waals surface area contributed by atoms with E-state index >= 15 is 0 Å². The van der Waals surface area contributed by atoms with E-state index in [1.54, 1.807) is 0 Å². The van der Waals surface area contributed by atoms with Gasteiger partial charge in [0.05, 0.1) is 6.61 Å². The third kappa shape index (κ3) is 6.10. The van der Waals surface area contributed by atoms with Crippen molar-refractivity contribution in [3.05, 3.63) is 65.2 Å². The Labute approximate surface area is 117 Å². The van der Waals surface area contributed by atoms with Gasteiger partial charge in [0.15, 0.2) is 0 Å². The van der Waals surface area contributed by atoms with Gasteiger partial charge in [0.1, 0.15) is 5.75 Å². The van der Waals surface area contributed by atoms with Gasteiger partial charge < -0.3 is 4.74 Å². The fourth-order valence-electron chi connectivity index (χ4n) is 1.70. The molecule has 0 unspecified atom stereocenters. The van der Waals surface area contributed by atoms with Crippen LogP contribution < -0.4 is 4.74 Å². The summed E-state index contributed by atoms with van der Waals surface area (Å²) >= 11 is 0. The maximum absolute atomic E-state index is 5.29. The maximum atomic E-state index is 5.29. The van der Waals surface area contributed by atoms with Crippen LogP contribution >= 0.6 is 0 Å². The highest BCUT2D eigenvalue weighted by Gasteiger charge is 1.89. The number of hydrogen-bond acceptors (Lipinski definition) is 1. The van der Waals surface area contributed by atoms with E-state index in [1.165, 1.54) is 16.7 Å². The van der Waals surface area contributed by atoms with E-state index in [0.29, 0.717) is 0 Å². The van der Waals surface area contributed by atoms with Gasteiger partial charge in [-0.05, 0) is 50.5 Å². The van der Waals surface area contributed by atoms with Crippen LogP contribution in [-0.4, -0.2) is 6.61 Å². The van der Waals surface area contributed by atoms with Gasteiger partial charge >= 0.3 is 0 Å². The average Bonchev–Trinajstić information content (AvgIpc) is 2.41. The van der Waals surface area contributed by atoms with Gasteiger partial charge in [-0.2, -0.15) is 0 Å². The first kappa shape index (κ1) is 15.3. The minimum atomic E-state index is 0.740. The van der Waals surface area contributed by atoms with Gasteiger partial charge in [0.2, 0.25) is 0 Å². The van der Waals surface area contributed by atoms with Gasteiger partial charge in [-0.1, -0.05) is 48.9 Å². The summed E-state index contributed by atoms with van der Waals surface area (Å²) in [5, 5.41) is 0. The van der Waals surface area contributed by atoms with Crippen LogP contribution in [0.25, 0.3) is 0 Å². The van der Waals surface area contributed by atoms with Gasteiger partial charge in [-0.25, -0.2) is 0 Å². The summed E-state index contributed by atoms with van der Waals surface area (Å²) < 4.78 is 5.29. The topological polar surface area (TPSA) is 9.23 Å². The molecular formula is C18H24O. The van der Waals surface area contributed by atoms with E-state index in [-0.39, 0.29) is 0 Å². The van der Waals surface area contributed by atoms with E-state index in [1.807, 2.05) is 25.1 Å². The number of rotatable bonds is 3. The van der Waals surface area contributed by atoms with E-state index in [9.17, 15) is 0 Å². The first-order chi connectivity index (χ1) is 9.15. The van der Waals surface area contributed by atoms with Crippen LogP contribution in [0.4, 0.5) is 0 Å². The summed E-state index contributed by atoms with van der Waals surface area (Å²) in [5.74, 6) is 0.961. The molecule has 0 heterocycles. The Bertz CT molecular complexity index is 471. The molecule has 0 aliphatic rings. The van der Waals surface area contributed by atoms with E-state index in [0.717, 1.165) is 18.8 Å². The highest BCUT2D eigenvalue weighted by molar-refractivity contribution is 5.27. The Morgan fingerprint density at radius 3 is 2.05 bits per heavy atom. The van der Waals surface area contributed by atoms with Crippen LogP contribution in [-0.2, 0) is 6.42 Å². The van der Waals surface area contributed by atoms with Crippen LogP contribution in [0.1, 0.15) is 30.5 Å². The molecule has 0 radical (unpaired) electrons. The molecule has 0 fully saturated rings. The minimum absolute atomic E-state index is 0.740. The van der Waals surface area contributed by atoms with Crippen molar-refractivity contribution in [1.82, 2.24) is 0 Å². The van der Waals surface area contributed by atoms with E-state index < -0.39 is 0 Å². The Hall–Kier alpha value is -1.76. The monoisotopic (exact) mass is 256 g/mol. The average molecular weight is 256 g/mol. The van der Waals surface area contributed by atoms with Crippen LogP contribution in [0.2, 0.25) is 0 Å². The number of aryl methyl sites for hydroxylation is 3. The number of ether oxygens (including phenoxy) is 1. The lowest BCUT2D eigenvalue weighted by Gasteiger charge is -2.01. The third-order valence-electron chi connectivity index (χ3n) is 2.83. The molecule has 0 atom stereocenters. The van der Waals surface area contributed by atoms with Crippen molar-refractivity contribution in [2.45, 2.75) is 34.1 Å².